The molecule has 1 amide bonds. The van der Waals surface area contributed by atoms with Crippen LogP contribution >= 0.6 is 0 Å². The summed E-state index contributed by atoms with van der Waals surface area (Å²) in [4.78, 5) is 38.2. The van der Waals surface area contributed by atoms with Gasteiger partial charge in [0.1, 0.15) is 23.1 Å². The van der Waals surface area contributed by atoms with Crippen molar-refractivity contribution in [3.05, 3.63) is 94.3 Å². The molecule has 4 aromatic rings. The summed E-state index contributed by atoms with van der Waals surface area (Å²) in [7, 11) is 1.51. The van der Waals surface area contributed by atoms with Gasteiger partial charge < -0.3 is 33.4 Å². The van der Waals surface area contributed by atoms with Gasteiger partial charge in [-0.1, -0.05) is 48.5 Å². The maximum atomic E-state index is 13.3. The summed E-state index contributed by atoms with van der Waals surface area (Å²) in [5.41, 5.74) is 1.26. The second-order valence-electron chi connectivity index (χ2n) is 10.7. The summed E-state index contributed by atoms with van der Waals surface area (Å²) in [6, 6.07) is 21.7. The number of fused-ring (bicyclic) bond motifs is 2. The van der Waals surface area contributed by atoms with E-state index < -0.39 is 47.9 Å². The van der Waals surface area contributed by atoms with Gasteiger partial charge in [0, 0.05) is 23.6 Å². The Bertz CT molecular complexity index is 1730. The largest absolute Gasteiger partial charge is 0.509 e. The molecular weight excluding hydrogens is 542 g/mol. The van der Waals surface area contributed by atoms with Gasteiger partial charge in [0.25, 0.3) is 5.91 Å². The second-order valence-corrected chi connectivity index (χ2v) is 10.7. The molecule has 0 bridgehead atoms. The zero-order valence-corrected chi connectivity index (χ0v) is 23.4. The molecule has 0 radical (unpaired) electrons. The van der Waals surface area contributed by atoms with Crippen LogP contribution in [0.15, 0.2) is 82.0 Å². The quantitative estimate of drug-likeness (QED) is 0.238. The second kappa shape index (κ2) is 10.6. The monoisotopic (exact) mass is 571 g/mol. The predicted octanol–water partition coefficient (Wildman–Crippen LogP) is 5.45. The normalized spacial score (nSPS) is 22.6. The summed E-state index contributed by atoms with van der Waals surface area (Å²) >= 11 is 0. The summed E-state index contributed by atoms with van der Waals surface area (Å²) in [5.74, 6) is -0.0790. The number of carbonyl (C=O) groups is 2. The van der Waals surface area contributed by atoms with Crippen molar-refractivity contribution in [2.24, 2.45) is 0 Å². The molecule has 2 fully saturated rings. The summed E-state index contributed by atoms with van der Waals surface area (Å²) in [5, 5.41) is 3.28. The van der Waals surface area contributed by atoms with Crippen molar-refractivity contribution >= 4 is 28.7 Å². The summed E-state index contributed by atoms with van der Waals surface area (Å²) in [6.07, 6.45) is -4.00. The molecule has 0 unspecified atom stereocenters. The van der Waals surface area contributed by atoms with E-state index in [1.807, 2.05) is 42.5 Å². The number of amides is 1. The highest BCUT2D eigenvalue weighted by Crippen LogP contribution is 2.39. The van der Waals surface area contributed by atoms with Crippen molar-refractivity contribution in [3.8, 4) is 16.9 Å². The van der Waals surface area contributed by atoms with Crippen molar-refractivity contribution in [2.45, 2.75) is 51.0 Å². The van der Waals surface area contributed by atoms with Gasteiger partial charge in [-0.05, 0) is 56.2 Å². The molecule has 0 saturated carbocycles. The molecule has 0 spiro atoms. The maximum Gasteiger partial charge on any atom is 0.509 e. The molecule has 4 atom stereocenters. The molecule has 216 valence electrons. The van der Waals surface area contributed by atoms with Crippen molar-refractivity contribution in [3.63, 3.8) is 0 Å². The number of ether oxygens (including phenoxy) is 5. The summed E-state index contributed by atoms with van der Waals surface area (Å²) < 4.78 is 34.2. The van der Waals surface area contributed by atoms with Crippen LogP contribution in [0.3, 0.4) is 0 Å². The van der Waals surface area contributed by atoms with Gasteiger partial charge in [0.2, 0.25) is 12.4 Å². The van der Waals surface area contributed by atoms with Crippen molar-refractivity contribution in [2.75, 3.05) is 12.4 Å². The predicted molar refractivity (Wildman–Crippen MR) is 153 cm³/mol. The molecule has 2 aliphatic rings. The standard InChI is InChI=1S/C32H29NO9/c1-17-23(38-30-26-25(40-31(36)41-26)27(37-4)32(2,3)42-30)15-14-19-16-22(29(35)39-24(17)19)33-28(34)21-13-9-8-12-20(21)18-10-6-5-7-11-18/h5-16,25-27,30H,1-4H3,(H,33,34)/t25-,26+,27-,30-/m1/s1. The van der Waals surface area contributed by atoms with Crippen LogP contribution in [-0.4, -0.2) is 49.4 Å². The molecule has 6 rings (SSSR count). The molecule has 10 heteroatoms. The molecule has 42 heavy (non-hydrogen) atoms. The Labute approximate surface area is 241 Å². The van der Waals surface area contributed by atoms with Crippen molar-refractivity contribution in [1.29, 1.82) is 0 Å². The smallest absolute Gasteiger partial charge is 0.460 e. The lowest BCUT2D eigenvalue weighted by Gasteiger charge is -2.45. The van der Waals surface area contributed by atoms with Crippen LogP contribution < -0.4 is 15.7 Å². The third-order valence-corrected chi connectivity index (χ3v) is 7.56. The molecular formula is C32H29NO9. The molecule has 1 aromatic heterocycles. The first-order chi connectivity index (χ1) is 20.2. The van der Waals surface area contributed by atoms with Gasteiger partial charge >= 0.3 is 11.8 Å². The minimum atomic E-state index is -1.01. The topological polar surface area (TPSA) is 123 Å². The van der Waals surface area contributed by atoms with Gasteiger partial charge in [-0.3, -0.25) is 4.79 Å². The SMILES string of the molecule is CO[C@@H]1[C@@H]2OC(=O)O[C@@H]2[C@H](Oc2ccc3cc(NC(=O)c4ccccc4-c4ccccc4)c(=O)oc3c2C)OC1(C)C. The Morgan fingerprint density at radius 1 is 0.929 bits per heavy atom. The zero-order chi connectivity index (χ0) is 29.6. The Morgan fingerprint density at radius 3 is 2.40 bits per heavy atom. The number of hydrogen-bond donors (Lipinski definition) is 1. The number of nitrogens with one attached hydrogen (secondary N) is 1. The first-order valence-corrected chi connectivity index (χ1v) is 13.4. The van der Waals surface area contributed by atoms with E-state index in [1.54, 1.807) is 51.1 Å². The maximum absolute atomic E-state index is 13.3. The minimum absolute atomic E-state index is 0.00395. The third-order valence-electron chi connectivity index (χ3n) is 7.56. The van der Waals surface area contributed by atoms with E-state index in [0.29, 0.717) is 22.3 Å². The fraction of sp³-hybridized carbons (Fsp3) is 0.281. The molecule has 10 nitrogen and oxygen atoms in total. The molecule has 3 aromatic carbocycles. The molecule has 2 aliphatic heterocycles. The molecule has 0 aliphatic carbocycles. The average Bonchev–Trinajstić information content (AvgIpc) is 3.36. The number of methoxy groups -OCH3 is 1. The lowest BCUT2D eigenvalue weighted by Crippen LogP contribution is -2.62. The molecule has 1 N–H and O–H groups in total. The zero-order valence-electron chi connectivity index (χ0n) is 23.4. The highest BCUT2D eigenvalue weighted by molar-refractivity contribution is 6.09. The van der Waals surface area contributed by atoms with Crippen LogP contribution in [0.1, 0.15) is 29.8 Å². The number of benzene rings is 3. The van der Waals surface area contributed by atoms with Gasteiger partial charge in [-0.2, -0.15) is 0 Å². The Hall–Kier alpha value is -4.67. The van der Waals surface area contributed by atoms with E-state index in [2.05, 4.69) is 5.32 Å². The van der Waals surface area contributed by atoms with E-state index in [0.717, 1.165) is 11.1 Å². The average molecular weight is 572 g/mol. The van der Waals surface area contributed by atoms with Gasteiger partial charge in [-0.15, -0.1) is 0 Å². The lowest BCUT2D eigenvalue weighted by molar-refractivity contribution is -0.282. The lowest BCUT2D eigenvalue weighted by atomic mass is 9.89. The van der Waals surface area contributed by atoms with Crippen LogP contribution in [0.5, 0.6) is 5.75 Å². The fourth-order valence-electron chi connectivity index (χ4n) is 5.55. The van der Waals surface area contributed by atoms with Gasteiger partial charge in [-0.25, -0.2) is 9.59 Å². The van der Waals surface area contributed by atoms with Crippen LogP contribution in [0.4, 0.5) is 10.5 Å². The Kier molecular flexibility index (Phi) is 6.96. The van der Waals surface area contributed by atoms with Crippen LogP contribution in [0.2, 0.25) is 0 Å². The highest BCUT2D eigenvalue weighted by Gasteiger charge is 2.59. The Balaban J connectivity index is 1.27. The third kappa shape index (κ3) is 4.88. The number of carbonyl (C=O) groups excluding carboxylic acids is 2. The number of hydrogen-bond acceptors (Lipinski definition) is 9. The van der Waals surface area contributed by atoms with Crippen LogP contribution in [-0.2, 0) is 18.9 Å². The van der Waals surface area contributed by atoms with E-state index in [9.17, 15) is 14.4 Å². The first-order valence-electron chi connectivity index (χ1n) is 13.4. The molecule has 2 saturated heterocycles. The van der Waals surface area contributed by atoms with Crippen LogP contribution in [0.25, 0.3) is 22.1 Å². The first kappa shape index (κ1) is 27.5. The van der Waals surface area contributed by atoms with Gasteiger partial charge in [0.05, 0.1) is 5.60 Å². The van der Waals surface area contributed by atoms with Crippen LogP contribution in [0, 0.1) is 6.92 Å². The van der Waals surface area contributed by atoms with E-state index >= 15 is 0 Å². The Morgan fingerprint density at radius 2 is 1.64 bits per heavy atom. The van der Waals surface area contributed by atoms with E-state index in [1.165, 1.54) is 7.11 Å². The molecule has 3 heterocycles. The fourth-order valence-corrected chi connectivity index (χ4v) is 5.55. The van der Waals surface area contributed by atoms with E-state index in [4.69, 9.17) is 28.1 Å². The summed E-state index contributed by atoms with van der Waals surface area (Å²) in [6.45, 7) is 5.34. The highest BCUT2D eigenvalue weighted by atomic mass is 16.8. The van der Waals surface area contributed by atoms with Crippen molar-refractivity contribution < 1.29 is 37.7 Å². The minimum Gasteiger partial charge on any atom is -0.460 e. The van der Waals surface area contributed by atoms with Crippen molar-refractivity contribution in [1.82, 2.24) is 0 Å². The van der Waals surface area contributed by atoms with Gasteiger partial charge in [0.15, 0.2) is 6.10 Å². The van der Waals surface area contributed by atoms with E-state index in [-0.39, 0.29) is 11.3 Å². The number of rotatable bonds is 6. The number of anilines is 1. The number of aryl methyl sites for hydroxylation is 1.